The molecule has 1 saturated carbocycles. The molecule has 4 aromatic rings. The number of nitrogens with zero attached hydrogens (tertiary/aromatic N) is 7. The Hall–Kier alpha value is -2.91. The SMILES string of the molecule is CCc1ccccc1CNC(c1nnnn1-c1cccc(Br)c1)C1(n2nccn2)CC1. The minimum Gasteiger partial charge on any atom is -0.301 e. The largest absolute Gasteiger partial charge is 0.301 e. The van der Waals surface area contributed by atoms with Crippen LogP contribution in [-0.2, 0) is 18.5 Å². The number of halogens is 1. The second-order valence-corrected chi connectivity index (χ2v) is 8.70. The van der Waals surface area contributed by atoms with Crippen molar-refractivity contribution in [2.24, 2.45) is 0 Å². The smallest absolute Gasteiger partial charge is 0.176 e. The van der Waals surface area contributed by atoms with Gasteiger partial charge in [0, 0.05) is 11.0 Å². The number of benzene rings is 2. The Balaban J connectivity index is 1.54. The molecule has 0 amide bonds. The summed E-state index contributed by atoms with van der Waals surface area (Å²) in [4.78, 5) is 1.82. The summed E-state index contributed by atoms with van der Waals surface area (Å²) >= 11 is 3.55. The molecule has 1 N–H and O–H groups in total. The molecule has 1 aliphatic carbocycles. The highest BCUT2D eigenvalue weighted by atomic mass is 79.9. The average Bonchev–Trinajstić information content (AvgIpc) is 3.18. The fourth-order valence-corrected chi connectivity index (χ4v) is 4.54. The van der Waals surface area contributed by atoms with Crippen molar-refractivity contribution in [3.05, 3.63) is 82.3 Å². The average molecular weight is 479 g/mol. The first-order chi connectivity index (χ1) is 15.2. The third-order valence-corrected chi connectivity index (χ3v) is 6.41. The topological polar surface area (TPSA) is 86.3 Å². The van der Waals surface area contributed by atoms with E-state index in [2.05, 4.69) is 78.2 Å². The summed E-state index contributed by atoms with van der Waals surface area (Å²) in [5.74, 6) is 0.752. The molecule has 2 aromatic heterocycles. The third-order valence-electron chi connectivity index (χ3n) is 5.92. The summed E-state index contributed by atoms with van der Waals surface area (Å²) in [5, 5.41) is 25.5. The van der Waals surface area contributed by atoms with Crippen LogP contribution in [0.25, 0.3) is 5.69 Å². The van der Waals surface area contributed by atoms with Crippen LogP contribution in [0.1, 0.15) is 42.8 Å². The van der Waals surface area contributed by atoms with E-state index < -0.39 is 0 Å². The van der Waals surface area contributed by atoms with Gasteiger partial charge in [-0.25, -0.2) is 0 Å². The van der Waals surface area contributed by atoms with Crippen LogP contribution < -0.4 is 5.32 Å². The lowest BCUT2D eigenvalue weighted by Crippen LogP contribution is -2.39. The van der Waals surface area contributed by atoms with Crippen LogP contribution in [0.5, 0.6) is 0 Å². The van der Waals surface area contributed by atoms with Gasteiger partial charge in [-0.1, -0.05) is 53.2 Å². The molecule has 158 valence electrons. The van der Waals surface area contributed by atoms with E-state index in [1.165, 1.54) is 11.1 Å². The van der Waals surface area contributed by atoms with Crippen LogP contribution in [0, 0.1) is 0 Å². The summed E-state index contributed by atoms with van der Waals surface area (Å²) in [6.45, 7) is 2.89. The maximum absolute atomic E-state index is 4.47. The van der Waals surface area contributed by atoms with Gasteiger partial charge in [-0.2, -0.15) is 19.7 Å². The molecule has 0 saturated heterocycles. The maximum Gasteiger partial charge on any atom is 0.176 e. The van der Waals surface area contributed by atoms with Gasteiger partial charge in [0.05, 0.1) is 24.1 Å². The third kappa shape index (κ3) is 3.79. The van der Waals surface area contributed by atoms with E-state index in [1.807, 2.05) is 29.1 Å². The number of nitrogens with one attached hydrogen (secondary N) is 1. The first-order valence-corrected chi connectivity index (χ1v) is 11.2. The molecule has 1 aliphatic rings. The van der Waals surface area contributed by atoms with Crippen molar-refractivity contribution in [1.82, 2.24) is 40.5 Å². The Morgan fingerprint density at radius 3 is 2.55 bits per heavy atom. The van der Waals surface area contributed by atoms with E-state index in [0.29, 0.717) is 6.54 Å². The van der Waals surface area contributed by atoms with Crippen LogP contribution in [0.2, 0.25) is 0 Å². The van der Waals surface area contributed by atoms with Gasteiger partial charge >= 0.3 is 0 Å². The maximum atomic E-state index is 4.47. The van der Waals surface area contributed by atoms with Gasteiger partial charge in [0.1, 0.15) is 5.54 Å². The molecule has 0 radical (unpaired) electrons. The highest BCUT2D eigenvalue weighted by molar-refractivity contribution is 9.10. The van der Waals surface area contributed by atoms with Gasteiger partial charge in [-0.15, -0.1) is 5.10 Å². The predicted octanol–water partition coefficient (Wildman–Crippen LogP) is 3.60. The molecule has 0 spiro atoms. The zero-order chi connectivity index (χ0) is 21.3. The van der Waals surface area contributed by atoms with Gasteiger partial charge in [-0.3, -0.25) is 0 Å². The van der Waals surface area contributed by atoms with Crippen LogP contribution >= 0.6 is 15.9 Å². The first kappa shape index (κ1) is 20.0. The lowest BCUT2D eigenvalue weighted by atomic mass is 10.0. The Kier molecular flexibility index (Phi) is 5.37. The fraction of sp³-hybridized carbons (Fsp3) is 0.318. The number of aromatic nitrogens is 7. The quantitative estimate of drug-likeness (QED) is 0.416. The molecule has 2 aromatic carbocycles. The highest BCUT2D eigenvalue weighted by Gasteiger charge is 2.55. The summed E-state index contributed by atoms with van der Waals surface area (Å²) in [7, 11) is 0. The van der Waals surface area contributed by atoms with Crippen molar-refractivity contribution in [3.8, 4) is 5.69 Å². The number of hydrogen-bond acceptors (Lipinski definition) is 6. The number of hydrogen-bond donors (Lipinski definition) is 1. The minimum atomic E-state index is -0.289. The molecule has 0 aliphatic heterocycles. The molecule has 1 atom stereocenters. The Morgan fingerprint density at radius 2 is 1.84 bits per heavy atom. The van der Waals surface area contributed by atoms with Gasteiger partial charge in [-0.05, 0) is 59.0 Å². The van der Waals surface area contributed by atoms with Crippen molar-refractivity contribution in [3.63, 3.8) is 0 Å². The molecule has 31 heavy (non-hydrogen) atoms. The predicted molar refractivity (Wildman–Crippen MR) is 119 cm³/mol. The summed E-state index contributed by atoms with van der Waals surface area (Å²) in [5.41, 5.74) is 3.23. The van der Waals surface area contributed by atoms with Crippen LogP contribution in [0.4, 0.5) is 0 Å². The Bertz CT molecular complexity index is 1170. The molecular formula is C22H23BrN8. The number of aryl methyl sites for hydroxylation is 1. The van der Waals surface area contributed by atoms with Gasteiger partial charge in [0.15, 0.2) is 5.82 Å². The lowest BCUT2D eigenvalue weighted by Gasteiger charge is -2.27. The molecule has 9 heteroatoms. The number of rotatable bonds is 8. The van der Waals surface area contributed by atoms with Crippen molar-refractivity contribution < 1.29 is 0 Å². The van der Waals surface area contributed by atoms with E-state index >= 15 is 0 Å². The van der Waals surface area contributed by atoms with Crippen LogP contribution in [-0.4, -0.2) is 35.2 Å². The standard InChI is InChI=1S/C22H23BrN8/c1-2-16-6-3-4-7-17(16)15-24-20(22(10-11-22)31-25-12-13-26-31)21-27-28-29-30(21)19-9-5-8-18(23)14-19/h3-9,12-14,20,24H,2,10-11,15H2,1H3. The number of tetrazole rings is 1. The van der Waals surface area contributed by atoms with Crippen molar-refractivity contribution in [2.75, 3.05) is 0 Å². The summed E-state index contributed by atoms with van der Waals surface area (Å²) in [6.07, 6.45) is 6.35. The molecule has 5 rings (SSSR count). The zero-order valence-corrected chi connectivity index (χ0v) is 18.8. The second kappa shape index (κ2) is 8.32. The molecule has 1 fully saturated rings. The van der Waals surface area contributed by atoms with Crippen LogP contribution in [0.3, 0.4) is 0 Å². The lowest BCUT2D eigenvalue weighted by molar-refractivity contribution is 0.263. The van der Waals surface area contributed by atoms with Gasteiger partial charge in [0.25, 0.3) is 0 Å². The van der Waals surface area contributed by atoms with Gasteiger partial charge in [0.2, 0.25) is 0 Å². The van der Waals surface area contributed by atoms with E-state index in [1.54, 1.807) is 17.1 Å². The van der Waals surface area contributed by atoms with Crippen molar-refractivity contribution in [2.45, 2.75) is 44.3 Å². The summed E-state index contributed by atoms with van der Waals surface area (Å²) < 4.78 is 2.78. The van der Waals surface area contributed by atoms with E-state index in [9.17, 15) is 0 Å². The second-order valence-electron chi connectivity index (χ2n) is 7.79. The highest BCUT2D eigenvalue weighted by Crippen LogP contribution is 2.51. The van der Waals surface area contributed by atoms with Crippen LogP contribution in [0.15, 0.2) is 65.4 Å². The normalized spacial score (nSPS) is 15.7. The molecule has 2 heterocycles. The first-order valence-electron chi connectivity index (χ1n) is 10.4. The van der Waals surface area contributed by atoms with Gasteiger partial charge < -0.3 is 5.32 Å². The molecule has 1 unspecified atom stereocenters. The molecular weight excluding hydrogens is 456 g/mol. The van der Waals surface area contributed by atoms with E-state index in [0.717, 1.165) is 35.2 Å². The monoisotopic (exact) mass is 478 g/mol. The van der Waals surface area contributed by atoms with Crippen molar-refractivity contribution >= 4 is 15.9 Å². The Morgan fingerprint density at radius 1 is 1.06 bits per heavy atom. The Labute approximate surface area is 188 Å². The minimum absolute atomic E-state index is 0.154. The summed E-state index contributed by atoms with van der Waals surface area (Å²) in [6, 6.07) is 16.3. The van der Waals surface area contributed by atoms with E-state index in [4.69, 9.17) is 0 Å². The molecule has 8 nitrogen and oxygen atoms in total. The fourth-order valence-electron chi connectivity index (χ4n) is 4.15. The zero-order valence-electron chi connectivity index (χ0n) is 17.2. The van der Waals surface area contributed by atoms with E-state index in [-0.39, 0.29) is 11.6 Å². The molecule has 0 bridgehead atoms. The van der Waals surface area contributed by atoms with Crippen molar-refractivity contribution in [1.29, 1.82) is 0 Å².